The molecule has 2 heteroatoms. The first-order chi connectivity index (χ1) is 6.50. The first-order valence-corrected chi connectivity index (χ1v) is 5.94. The summed E-state index contributed by atoms with van der Waals surface area (Å²) in [5, 5.41) is 0. The van der Waals surface area contributed by atoms with Crippen LogP contribution in [0.1, 0.15) is 50.7 Å². The van der Waals surface area contributed by atoms with Crippen molar-refractivity contribution in [3.63, 3.8) is 0 Å². The van der Waals surface area contributed by atoms with Crippen LogP contribution in [0.2, 0.25) is 0 Å². The SMILES string of the molecule is CC(C)(C)c1ccnc(Br)c1C1CC1. The Morgan fingerprint density at radius 1 is 1.36 bits per heavy atom. The van der Waals surface area contributed by atoms with Gasteiger partial charge in [-0.25, -0.2) is 4.98 Å². The predicted octanol–water partition coefficient (Wildman–Crippen LogP) is 4.02. The molecule has 1 heterocycles. The summed E-state index contributed by atoms with van der Waals surface area (Å²) in [5.74, 6) is 0.757. The molecular weight excluding hydrogens is 238 g/mol. The second-order valence-corrected chi connectivity index (χ2v) is 5.84. The van der Waals surface area contributed by atoms with E-state index in [1.54, 1.807) is 0 Å². The van der Waals surface area contributed by atoms with Gasteiger partial charge >= 0.3 is 0 Å². The summed E-state index contributed by atoms with van der Waals surface area (Å²) in [6.07, 6.45) is 4.55. The molecule has 0 aromatic carbocycles. The fraction of sp³-hybridized carbons (Fsp3) is 0.583. The minimum Gasteiger partial charge on any atom is -0.249 e. The third-order valence-electron chi connectivity index (χ3n) is 2.74. The van der Waals surface area contributed by atoms with E-state index < -0.39 is 0 Å². The Bertz CT molecular complexity index is 348. The normalized spacial score (nSPS) is 17.1. The number of hydrogen-bond donors (Lipinski definition) is 0. The van der Waals surface area contributed by atoms with Crippen LogP contribution in [0.15, 0.2) is 16.9 Å². The molecule has 1 fully saturated rings. The minimum atomic E-state index is 0.226. The van der Waals surface area contributed by atoms with Crippen molar-refractivity contribution >= 4 is 15.9 Å². The molecule has 1 saturated carbocycles. The molecule has 1 aliphatic rings. The average Bonchev–Trinajstić information content (AvgIpc) is 2.85. The predicted molar refractivity (Wildman–Crippen MR) is 62.6 cm³/mol. The van der Waals surface area contributed by atoms with Crippen molar-refractivity contribution in [2.24, 2.45) is 0 Å². The smallest absolute Gasteiger partial charge is 0.109 e. The fourth-order valence-corrected chi connectivity index (χ4v) is 2.52. The van der Waals surface area contributed by atoms with Crippen LogP contribution < -0.4 is 0 Å². The van der Waals surface area contributed by atoms with Gasteiger partial charge in [-0.2, -0.15) is 0 Å². The van der Waals surface area contributed by atoms with E-state index in [1.807, 2.05) is 6.20 Å². The van der Waals surface area contributed by atoms with Gasteiger partial charge in [0.25, 0.3) is 0 Å². The van der Waals surface area contributed by atoms with Gasteiger partial charge in [0.2, 0.25) is 0 Å². The van der Waals surface area contributed by atoms with Gasteiger partial charge in [0, 0.05) is 6.20 Å². The van der Waals surface area contributed by atoms with Crippen molar-refractivity contribution in [3.05, 3.63) is 28.0 Å². The highest BCUT2D eigenvalue weighted by Gasteiger charge is 2.31. The minimum absolute atomic E-state index is 0.226. The number of hydrogen-bond acceptors (Lipinski definition) is 1. The summed E-state index contributed by atoms with van der Waals surface area (Å²) in [7, 11) is 0. The Labute approximate surface area is 94.1 Å². The third kappa shape index (κ3) is 1.85. The van der Waals surface area contributed by atoms with Gasteiger partial charge in [-0.1, -0.05) is 20.8 Å². The van der Waals surface area contributed by atoms with E-state index in [2.05, 4.69) is 47.8 Å². The van der Waals surface area contributed by atoms with Crippen molar-refractivity contribution < 1.29 is 0 Å². The largest absolute Gasteiger partial charge is 0.249 e. The van der Waals surface area contributed by atoms with E-state index in [0.717, 1.165) is 10.5 Å². The molecule has 2 rings (SSSR count). The van der Waals surface area contributed by atoms with Crippen molar-refractivity contribution in [2.75, 3.05) is 0 Å². The van der Waals surface area contributed by atoms with Gasteiger partial charge in [0.15, 0.2) is 0 Å². The Kier molecular flexibility index (Phi) is 2.42. The number of nitrogens with zero attached hydrogens (tertiary/aromatic N) is 1. The molecule has 0 radical (unpaired) electrons. The second kappa shape index (κ2) is 3.34. The zero-order chi connectivity index (χ0) is 10.3. The molecular formula is C12H16BrN. The van der Waals surface area contributed by atoms with E-state index in [0.29, 0.717) is 0 Å². The van der Waals surface area contributed by atoms with Gasteiger partial charge in [-0.3, -0.25) is 0 Å². The van der Waals surface area contributed by atoms with Crippen LogP contribution in [0.25, 0.3) is 0 Å². The molecule has 1 aliphatic carbocycles. The van der Waals surface area contributed by atoms with E-state index in [-0.39, 0.29) is 5.41 Å². The number of aromatic nitrogens is 1. The summed E-state index contributed by atoms with van der Waals surface area (Å²) < 4.78 is 1.05. The van der Waals surface area contributed by atoms with E-state index in [1.165, 1.54) is 24.0 Å². The Hall–Kier alpha value is -0.370. The maximum Gasteiger partial charge on any atom is 0.109 e. The van der Waals surface area contributed by atoms with Gasteiger partial charge in [0.05, 0.1) is 0 Å². The van der Waals surface area contributed by atoms with Crippen LogP contribution in [-0.2, 0) is 5.41 Å². The Balaban J connectivity index is 2.53. The van der Waals surface area contributed by atoms with E-state index in [4.69, 9.17) is 0 Å². The van der Waals surface area contributed by atoms with Crippen LogP contribution >= 0.6 is 15.9 Å². The summed E-state index contributed by atoms with van der Waals surface area (Å²) in [4.78, 5) is 4.33. The van der Waals surface area contributed by atoms with E-state index in [9.17, 15) is 0 Å². The quantitative estimate of drug-likeness (QED) is 0.690. The summed E-state index contributed by atoms with van der Waals surface area (Å²) in [5.41, 5.74) is 3.12. The molecule has 1 aromatic rings. The molecule has 0 spiro atoms. The van der Waals surface area contributed by atoms with Gasteiger partial charge in [-0.15, -0.1) is 0 Å². The molecule has 0 N–H and O–H groups in total. The average molecular weight is 254 g/mol. The van der Waals surface area contributed by atoms with Crippen molar-refractivity contribution in [1.82, 2.24) is 4.98 Å². The summed E-state index contributed by atoms with van der Waals surface area (Å²) >= 11 is 3.57. The van der Waals surface area contributed by atoms with Crippen LogP contribution in [-0.4, -0.2) is 4.98 Å². The lowest BCUT2D eigenvalue weighted by Gasteiger charge is -2.23. The molecule has 0 amide bonds. The zero-order valence-electron chi connectivity index (χ0n) is 8.97. The number of rotatable bonds is 1. The topological polar surface area (TPSA) is 12.9 Å². The Morgan fingerprint density at radius 3 is 2.50 bits per heavy atom. The van der Waals surface area contributed by atoms with Gasteiger partial charge < -0.3 is 0 Å². The third-order valence-corrected chi connectivity index (χ3v) is 3.37. The maximum absolute atomic E-state index is 4.33. The molecule has 14 heavy (non-hydrogen) atoms. The highest BCUT2D eigenvalue weighted by atomic mass is 79.9. The number of halogens is 1. The summed E-state index contributed by atoms with van der Waals surface area (Å²) in [6.45, 7) is 6.79. The standard InChI is InChI=1S/C12H16BrN/c1-12(2,3)9-6-7-14-11(13)10(9)8-4-5-8/h6-8H,4-5H2,1-3H3. The molecule has 0 bridgehead atoms. The van der Waals surface area contributed by atoms with Crippen molar-refractivity contribution in [3.8, 4) is 0 Å². The summed E-state index contributed by atoms with van der Waals surface area (Å²) in [6, 6.07) is 2.17. The van der Waals surface area contributed by atoms with Crippen LogP contribution in [0.3, 0.4) is 0 Å². The zero-order valence-corrected chi connectivity index (χ0v) is 10.6. The van der Waals surface area contributed by atoms with Gasteiger partial charge in [-0.05, 0) is 57.3 Å². The maximum atomic E-state index is 4.33. The molecule has 0 saturated heterocycles. The molecule has 0 unspecified atom stereocenters. The second-order valence-electron chi connectivity index (χ2n) is 5.09. The van der Waals surface area contributed by atoms with E-state index >= 15 is 0 Å². The number of pyridine rings is 1. The molecule has 76 valence electrons. The highest BCUT2D eigenvalue weighted by Crippen LogP contribution is 2.46. The first kappa shape index (κ1) is 10.2. The lowest BCUT2D eigenvalue weighted by molar-refractivity contribution is 0.580. The fourth-order valence-electron chi connectivity index (χ4n) is 1.86. The van der Waals surface area contributed by atoms with Crippen LogP contribution in [0.4, 0.5) is 0 Å². The molecule has 0 aliphatic heterocycles. The molecule has 0 atom stereocenters. The highest BCUT2D eigenvalue weighted by molar-refractivity contribution is 9.10. The van der Waals surface area contributed by atoms with Crippen LogP contribution in [0, 0.1) is 0 Å². The first-order valence-electron chi connectivity index (χ1n) is 5.15. The van der Waals surface area contributed by atoms with Crippen molar-refractivity contribution in [2.45, 2.75) is 44.9 Å². The van der Waals surface area contributed by atoms with Gasteiger partial charge in [0.1, 0.15) is 4.60 Å². The van der Waals surface area contributed by atoms with Crippen LogP contribution in [0.5, 0.6) is 0 Å². The molecule has 1 aromatic heterocycles. The lowest BCUT2D eigenvalue weighted by atomic mass is 9.83. The van der Waals surface area contributed by atoms with Crippen molar-refractivity contribution in [1.29, 1.82) is 0 Å². The molecule has 1 nitrogen and oxygen atoms in total. The Morgan fingerprint density at radius 2 is 2.00 bits per heavy atom. The lowest BCUT2D eigenvalue weighted by Crippen LogP contribution is -2.14. The monoisotopic (exact) mass is 253 g/mol.